The predicted molar refractivity (Wildman–Crippen MR) is 63.6 cm³/mol. The summed E-state index contributed by atoms with van der Waals surface area (Å²) in [4.78, 5) is 6.07. The molecule has 16 heavy (non-hydrogen) atoms. The largest absolute Gasteiger partial charge is 0.481 e. The average Bonchev–Trinajstić information content (AvgIpc) is 2.29. The monoisotopic (exact) mass is 226 g/mol. The van der Waals surface area contributed by atoms with Gasteiger partial charge in [0.2, 0.25) is 5.88 Å². The first-order valence-electron chi connectivity index (χ1n) is 5.09. The highest BCUT2D eigenvalue weighted by Gasteiger charge is 2.11. The molecule has 1 heterocycles. The van der Waals surface area contributed by atoms with Gasteiger partial charge in [0.15, 0.2) is 5.82 Å². The van der Waals surface area contributed by atoms with Crippen molar-refractivity contribution in [3.63, 3.8) is 0 Å². The SMILES string of the molecule is COc1ccc(N)c(N(CCN)CCO)n1. The van der Waals surface area contributed by atoms with Crippen LogP contribution < -0.4 is 21.1 Å². The van der Waals surface area contributed by atoms with Gasteiger partial charge >= 0.3 is 0 Å². The molecule has 0 saturated heterocycles. The van der Waals surface area contributed by atoms with Crippen LogP contribution in [-0.4, -0.2) is 43.4 Å². The fraction of sp³-hybridized carbons (Fsp3) is 0.500. The zero-order valence-corrected chi connectivity index (χ0v) is 9.39. The second kappa shape index (κ2) is 6.14. The fourth-order valence-corrected chi connectivity index (χ4v) is 1.41. The lowest BCUT2D eigenvalue weighted by atomic mass is 10.3. The molecule has 0 amide bonds. The zero-order valence-electron chi connectivity index (χ0n) is 9.39. The van der Waals surface area contributed by atoms with Crippen molar-refractivity contribution in [1.82, 2.24) is 4.98 Å². The van der Waals surface area contributed by atoms with E-state index in [1.165, 1.54) is 0 Å². The van der Waals surface area contributed by atoms with Crippen molar-refractivity contribution < 1.29 is 9.84 Å². The van der Waals surface area contributed by atoms with Crippen LogP contribution in [0.2, 0.25) is 0 Å². The van der Waals surface area contributed by atoms with Crippen LogP contribution >= 0.6 is 0 Å². The number of methoxy groups -OCH3 is 1. The molecule has 5 N–H and O–H groups in total. The second-order valence-electron chi connectivity index (χ2n) is 3.27. The third-order valence-corrected chi connectivity index (χ3v) is 2.16. The Kier molecular flexibility index (Phi) is 4.81. The molecule has 0 radical (unpaired) electrons. The van der Waals surface area contributed by atoms with E-state index in [-0.39, 0.29) is 6.61 Å². The highest BCUT2D eigenvalue weighted by Crippen LogP contribution is 2.23. The Balaban J connectivity index is 2.96. The molecule has 6 nitrogen and oxygen atoms in total. The van der Waals surface area contributed by atoms with Gasteiger partial charge in [-0.05, 0) is 6.07 Å². The van der Waals surface area contributed by atoms with E-state index in [2.05, 4.69) is 4.98 Å². The molecule has 90 valence electrons. The van der Waals surface area contributed by atoms with E-state index >= 15 is 0 Å². The highest BCUT2D eigenvalue weighted by atomic mass is 16.5. The third-order valence-electron chi connectivity index (χ3n) is 2.16. The van der Waals surface area contributed by atoms with Crippen molar-refractivity contribution in [2.75, 3.05) is 44.0 Å². The van der Waals surface area contributed by atoms with Gasteiger partial charge in [0.1, 0.15) is 0 Å². The second-order valence-corrected chi connectivity index (χ2v) is 3.27. The first-order chi connectivity index (χ1) is 7.72. The molecule has 0 bridgehead atoms. The van der Waals surface area contributed by atoms with E-state index in [1.54, 1.807) is 19.2 Å². The number of nitrogens with zero attached hydrogens (tertiary/aromatic N) is 2. The normalized spacial score (nSPS) is 10.2. The minimum Gasteiger partial charge on any atom is -0.481 e. The molecular weight excluding hydrogens is 208 g/mol. The number of nitrogens with two attached hydrogens (primary N) is 2. The lowest BCUT2D eigenvalue weighted by Crippen LogP contribution is -2.33. The van der Waals surface area contributed by atoms with Crippen molar-refractivity contribution in [2.45, 2.75) is 0 Å². The average molecular weight is 226 g/mol. The molecular formula is C10H18N4O2. The lowest BCUT2D eigenvalue weighted by molar-refractivity contribution is 0.301. The van der Waals surface area contributed by atoms with Crippen LogP contribution in [0.5, 0.6) is 5.88 Å². The molecule has 6 heteroatoms. The fourth-order valence-electron chi connectivity index (χ4n) is 1.41. The lowest BCUT2D eigenvalue weighted by Gasteiger charge is -2.23. The van der Waals surface area contributed by atoms with E-state index in [4.69, 9.17) is 21.3 Å². The van der Waals surface area contributed by atoms with Crippen LogP contribution in [0.4, 0.5) is 11.5 Å². The van der Waals surface area contributed by atoms with Gasteiger partial charge in [-0.15, -0.1) is 0 Å². The van der Waals surface area contributed by atoms with Gasteiger partial charge in [-0.2, -0.15) is 4.98 Å². The maximum absolute atomic E-state index is 8.96. The highest BCUT2D eigenvalue weighted by molar-refractivity contribution is 5.63. The summed E-state index contributed by atoms with van der Waals surface area (Å²) in [7, 11) is 1.54. The number of nitrogen functional groups attached to an aromatic ring is 1. The van der Waals surface area contributed by atoms with Crippen molar-refractivity contribution in [3.8, 4) is 5.88 Å². The third kappa shape index (κ3) is 2.98. The number of aromatic nitrogens is 1. The number of anilines is 2. The standard InChI is InChI=1S/C10H18N4O2/c1-16-9-3-2-8(12)10(13-9)14(5-4-11)6-7-15/h2-3,15H,4-7,11-12H2,1H3. The van der Waals surface area contributed by atoms with Gasteiger partial charge in [-0.1, -0.05) is 0 Å². The van der Waals surface area contributed by atoms with Crippen LogP contribution in [0, 0.1) is 0 Å². The van der Waals surface area contributed by atoms with Gasteiger partial charge in [-0.3, -0.25) is 0 Å². The molecule has 0 atom stereocenters. The Morgan fingerprint density at radius 2 is 2.19 bits per heavy atom. The summed E-state index contributed by atoms with van der Waals surface area (Å²) in [5, 5.41) is 8.96. The molecule has 0 aliphatic rings. The molecule has 1 rings (SSSR count). The summed E-state index contributed by atoms with van der Waals surface area (Å²) in [5.74, 6) is 1.09. The topological polar surface area (TPSA) is 97.6 Å². The van der Waals surface area contributed by atoms with E-state index in [1.807, 2.05) is 4.90 Å². The molecule has 1 aromatic heterocycles. The molecule has 1 aromatic rings. The molecule has 0 saturated carbocycles. The minimum atomic E-state index is 0.0261. The Morgan fingerprint density at radius 1 is 1.44 bits per heavy atom. The molecule has 0 spiro atoms. The number of hydrogen-bond acceptors (Lipinski definition) is 6. The van der Waals surface area contributed by atoms with Crippen LogP contribution in [0.3, 0.4) is 0 Å². The van der Waals surface area contributed by atoms with Gasteiger partial charge in [0.05, 0.1) is 19.4 Å². The van der Waals surface area contributed by atoms with Crippen LogP contribution in [0.15, 0.2) is 12.1 Å². The number of ether oxygens (including phenoxy) is 1. The smallest absolute Gasteiger partial charge is 0.215 e. The molecule has 0 unspecified atom stereocenters. The van der Waals surface area contributed by atoms with Gasteiger partial charge in [0.25, 0.3) is 0 Å². The van der Waals surface area contributed by atoms with Gasteiger partial charge < -0.3 is 26.2 Å². The summed E-state index contributed by atoms with van der Waals surface area (Å²) in [6, 6.07) is 3.42. The van der Waals surface area contributed by atoms with Gasteiger partial charge in [0, 0.05) is 25.7 Å². The Morgan fingerprint density at radius 3 is 2.75 bits per heavy atom. The number of aliphatic hydroxyl groups is 1. The first kappa shape index (κ1) is 12.5. The molecule has 0 aliphatic carbocycles. The van der Waals surface area contributed by atoms with Crippen molar-refractivity contribution in [2.24, 2.45) is 5.73 Å². The maximum atomic E-state index is 8.96. The van der Waals surface area contributed by atoms with E-state index < -0.39 is 0 Å². The molecule has 0 aromatic carbocycles. The number of hydrogen-bond donors (Lipinski definition) is 3. The summed E-state index contributed by atoms with van der Waals surface area (Å²) in [5.41, 5.74) is 11.9. The summed E-state index contributed by atoms with van der Waals surface area (Å²) < 4.78 is 5.03. The van der Waals surface area contributed by atoms with Crippen molar-refractivity contribution in [3.05, 3.63) is 12.1 Å². The van der Waals surface area contributed by atoms with E-state index in [9.17, 15) is 0 Å². The van der Waals surface area contributed by atoms with E-state index in [0.29, 0.717) is 37.0 Å². The Hall–Kier alpha value is -1.53. The molecule has 0 aliphatic heterocycles. The summed E-state index contributed by atoms with van der Waals surface area (Å²) >= 11 is 0. The Bertz CT molecular complexity index is 327. The number of pyridine rings is 1. The van der Waals surface area contributed by atoms with E-state index in [0.717, 1.165) is 0 Å². The quantitative estimate of drug-likeness (QED) is 0.601. The molecule has 0 fully saturated rings. The minimum absolute atomic E-state index is 0.0261. The van der Waals surface area contributed by atoms with Gasteiger partial charge in [-0.25, -0.2) is 0 Å². The zero-order chi connectivity index (χ0) is 12.0. The van der Waals surface area contributed by atoms with Crippen molar-refractivity contribution >= 4 is 11.5 Å². The summed E-state index contributed by atoms with van der Waals surface area (Å²) in [6.07, 6.45) is 0. The maximum Gasteiger partial charge on any atom is 0.215 e. The number of rotatable bonds is 6. The van der Waals surface area contributed by atoms with Crippen LogP contribution in [0.25, 0.3) is 0 Å². The van der Waals surface area contributed by atoms with Crippen LogP contribution in [0.1, 0.15) is 0 Å². The summed E-state index contributed by atoms with van der Waals surface area (Å²) in [6.45, 7) is 1.53. The first-order valence-corrected chi connectivity index (χ1v) is 5.09. The van der Waals surface area contributed by atoms with Crippen molar-refractivity contribution in [1.29, 1.82) is 0 Å². The predicted octanol–water partition coefficient (Wildman–Crippen LogP) is -0.570. The number of aliphatic hydroxyl groups excluding tert-OH is 1. The Labute approximate surface area is 94.8 Å². The van der Waals surface area contributed by atoms with Crippen LogP contribution in [-0.2, 0) is 0 Å².